The second-order valence-electron chi connectivity index (χ2n) is 5.22. The zero-order valence-corrected chi connectivity index (χ0v) is 11.1. The monoisotopic (exact) mass is 254 g/mol. The minimum Gasteiger partial charge on any atom is -0.508 e. The van der Waals surface area contributed by atoms with E-state index in [1.54, 1.807) is 6.07 Å². The molecule has 0 aliphatic heterocycles. The maximum atomic E-state index is 9.68. The van der Waals surface area contributed by atoms with Crippen LogP contribution in [0.25, 0.3) is 0 Å². The summed E-state index contributed by atoms with van der Waals surface area (Å²) in [4.78, 5) is 4.21. The number of phenols is 1. The van der Waals surface area contributed by atoms with Gasteiger partial charge in [0.05, 0.1) is 11.7 Å². The maximum absolute atomic E-state index is 9.68. The van der Waals surface area contributed by atoms with E-state index in [1.165, 1.54) is 17.5 Å². The van der Waals surface area contributed by atoms with Gasteiger partial charge in [-0.25, -0.2) is 0 Å². The van der Waals surface area contributed by atoms with E-state index in [9.17, 15) is 5.11 Å². The highest BCUT2D eigenvalue weighted by Crippen LogP contribution is 2.34. The third-order valence-corrected chi connectivity index (χ3v) is 3.66. The molecule has 2 aromatic rings. The molecule has 0 bridgehead atoms. The van der Waals surface area contributed by atoms with E-state index in [-0.39, 0.29) is 6.04 Å². The fourth-order valence-corrected chi connectivity index (χ4v) is 2.77. The molecule has 1 aromatic heterocycles. The molecule has 3 rings (SSSR count). The molecule has 1 aromatic carbocycles. The Hall–Kier alpha value is -2.03. The van der Waals surface area contributed by atoms with E-state index in [1.807, 2.05) is 31.5 Å². The van der Waals surface area contributed by atoms with Gasteiger partial charge in [-0.2, -0.15) is 0 Å². The van der Waals surface area contributed by atoms with E-state index < -0.39 is 0 Å². The van der Waals surface area contributed by atoms with Crippen molar-refractivity contribution in [1.82, 2.24) is 4.98 Å². The zero-order valence-electron chi connectivity index (χ0n) is 11.1. The zero-order chi connectivity index (χ0) is 13.2. The van der Waals surface area contributed by atoms with E-state index >= 15 is 0 Å². The van der Waals surface area contributed by atoms with Crippen molar-refractivity contribution >= 4 is 5.69 Å². The number of aromatic hydroxyl groups is 1. The number of hydrogen-bond acceptors (Lipinski definition) is 3. The van der Waals surface area contributed by atoms with Gasteiger partial charge in [0.25, 0.3) is 0 Å². The van der Waals surface area contributed by atoms with Gasteiger partial charge < -0.3 is 10.4 Å². The van der Waals surface area contributed by atoms with Crippen LogP contribution in [0.15, 0.2) is 36.7 Å². The molecule has 98 valence electrons. The third-order valence-electron chi connectivity index (χ3n) is 3.66. The highest BCUT2D eigenvalue weighted by Gasteiger charge is 2.20. The topological polar surface area (TPSA) is 45.2 Å². The van der Waals surface area contributed by atoms with Crippen LogP contribution in [0.2, 0.25) is 0 Å². The van der Waals surface area contributed by atoms with Crippen molar-refractivity contribution in [3.05, 3.63) is 53.3 Å². The minimum atomic E-state index is 0.263. The molecule has 3 heteroatoms. The number of phenolic OH excluding ortho intramolecular Hbond substituents is 1. The van der Waals surface area contributed by atoms with Crippen molar-refractivity contribution in [3.8, 4) is 5.75 Å². The van der Waals surface area contributed by atoms with Gasteiger partial charge >= 0.3 is 0 Å². The predicted molar refractivity (Wildman–Crippen MR) is 76.4 cm³/mol. The average Bonchev–Trinajstić information content (AvgIpc) is 2.39. The summed E-state index contributed by atoms with van der Waals surface area (Å²) < 4.78 is 0. The Balaban J connectivity index is 1.89. The molecule has 0 fully saturated rings. The van der Waals surface area contributed by atoms with Gasteiger partial charge in [-0.05, 0) is 61.1 Å². The first-order valence-electron chi connectivity index (χ1n) is 6.72. The Labute approximate surface area is 113 Å². The van der Waals surface area contributed by atoms with Crippen LogP contribution in [0.5, 0.6) is 5.75 Å². The number of rotatable bonds is 2. The van der Waals surface area contributed by atoms with E-state index in [2.05, 4.69) is 16.4 Å². The SMILES string of the molecule is Cc1cncc(NC2CCCc3ccc(O)cc32)c1. The summed E-state index contributed by atoms with van der Waals surface area (Å²) in [5.74, 6) is 0.342. The van der Waals surface area contributed by atoms with Gasteiger partial charge in [-0.1, -0.05) is 6.07 Å². The number of benzene rings is 1. The van der Waals surface area contributed by atoms with Gasteiger partial charge in [0.15, 0.2) is 0 Å². The molecule has 2 N–H and O–H groups in total. The normalized spacial score (nSPS) is 17.8. The van der Waals surface area contributed by atoms with E-state index in [0.29, 0.717) is 5.75 Å². The molecule has 0 spiro atoms. The van der Waals surface area contributed by atoms with Gasteiger partial charge in [-0.15, -0.1) is 0 Å². The lowest BCUT2D eigenvalue weighted by molar-refractivity contribution is 0.471. The molecule has 0 saturated carbocycles. The van der Waals surface area contributed by atoms with E-state index in [4.69, 9.17) is 0 Å². The summed E-state index contributed by atoms with van der Waals surface area (Å²) in [7, 11) is 0. The van der Waals surface area contributed by atoms with Gasteiger partial charge in [0, 0.05) is 12.4 Å². The van der Waals surface area contributed by atoms with Crippen LogP contribution in [0.4, 0.5) is 5.69 Å². The van der Waals surface area contributed by atoms with E-state index in [0.717, 1.165) is 24.1 Å². The number of aromatic nitrogens is 1. The molecular weight excluding hydrogens is 236 g/mol. The molecule has 0 radical (unpaired) electrons. The van der Waals surface area contributed by atoms with Crippen LogP contribution in [-0.4, -0.2) is 10.1 Å². The molecule has 1 aliphatic carbocycles. The lowest BCUT2D eigenvalue weighted by Gasteiger charge is -2.27. The molecule has 19 heavy (non-hydrogen) atoms. The highest BCUT2D eigenvalue weighted by atomic mass is 16.3. The number of anilines is 1. The van der Waals surface area contributed by atoms with Crippen molar-refractivity contribution in [2.45, 2.75) is 32.2 Å². The quantitative estimate of drug-likeness (QED) is 0.861. The molecule has 1 atom stereocenters. The molecule has 3 nitrogen and oxygen atoms in total. The fourth-order valence-electron chi connectivity index (χ4n) is 2.77. The minimum absolute atomic E-state index is 0.263. The van der Waals surface area contributed by atoms with Gasteiger partial charge in [0.2, 0.25) is 0 Å². The Kier molecular flexibility index (Phi) is 3.11. The Morgan fingerprint density at radius 2 is 2.16 bits per heavy atom. The smallest absolute Gasteiger partial charge is 0.115 e. The summed E-state index contributed by atoms with van der Waals surface area (Å²) in [6, 6.07) is 8.06. The molecule has 1 aliphatic rings. The maximum Gasteiger partial charge on any atom is 0.115 e. The summed E-state index contributed by atoms with van der Waals surface area (Å²) in [5.41, 5.74) is 4.74. The van der Waals surface area contributed by atoms with Gasteiger partial charge in [-0.3, -0.25) is 4.98 Å². The summed E-state index contributed by atoms with van der Waals surface area (Å²) in [5, 5.41) is 13.2. The highest BCUT2D eigenvalue weighted by molar-refractivity contribution is 5.48. The number of nitrogens with zero attached hydrogens (tertiary/aromatic N) is 1. The van der Waals surface area contributed by atoms with Crippen LogP contribution in [0.3, 0.4) is 0 Å². The number of nitrogens with one attached hydrogen (secondary N) is 1. The standard InChI is InChI=1S/C16H18N2O/c1-11-7-13(10-17-9-11)18-16-4-2-3-12-5-6-14(19)8-15(12)16/h5-10,16,18-19H,2-4H2,1H3. The van der Waals surface area contributed by atoms with Crippen LogP contribution in [0.1, 0.15) is 35.6 Å². The summed E-state index contributed by atoms with van der Waals surface area (Å²) in [6.45, 7) is 2.04. The van der Waals surface area contributed by atoms with Crippen molar-refractivity contribution in [1.29, 1.82) is 0 Å². The second-order valence-corrected chi connectivity index (χ2v) is 5.22. The van der Waals surface area contributed by atoms with Crippen LogP contribution < -0.4 is 5.32 Å². The first-order valence-corrected chi connectivity index (χ1v) is 6.72. The number of hydrogen-bond donors (Lipinski definition) is 2. The van der Waals surface area contributed by atoms with Gasteiger partial charge in [0.1, 0.15) is 5.75 Å². The number of fused-ring (bicyclic) bond motifs is 1. The first-order chi connectivity index (χ1) is 9.22. The average molecular weight is 254 g/mol. The number of aryl methyl sites for hydroxylation is 2. The lowest BCUT2D eigenvalue weighted by Crippen LogP contribution is -2.17. The molecule has 1 unspecified atom stereocenters. The Morgan fingerprint density at radius 1 is 1.26 bits per heavy atom. The van der Waals surface area contributed by atoms with Crippen molar-refractivity contribution in [3.63, 3.8) is 0 Å². The first kappa shape index (κ1) is 12.0. The molecule has 0 amide bonds. The van der Waals surface area contributed by atoms with Crippen molar-refractivity contribution in [2.24, 2.45) is 0 Å². The van der Waals surface area contributed by atoms with Crippen molar-refractivity contribution in [2.75, 3.05) is 5.32 Å². The van der Waals surface area contributed by atoms with Crippen LogP contribution in [0, 0.1) is 6.92 Å². The fraction of sp³-hybridized carbons (Fsp3) is 0.312. The largest absolute Gasteiger partial charge is 0.508 e. The molecule has 0 saturated heterocycles. The Morgan fingerprint density at radius 3 is 3.00 bits per heavy atom. The Bertz CT molecular complexity index is 595. The predicted octanol–water partition coefficient (Wildman–Crippen LogP) is 3.59. The summed E-state index contributed by atoms with van der Waals surface area (Å²) in [6.07, 6.45) is 7.06. The lowest BCUT2D eigenvalue weighted by atomic mass is 9.87. The van der Waals surface area contributed by atoms with Crippen LogP contribution >= 0.6 is 0 Å². The summed E-state index contributed by atoms with van der Waals surface area (Å²) >= 11 is 0. The molecule has 1 heterocycles. The van der Waals surface area contributed by atoms with Crippen LogP contribution in [-0.2, 0) is 6.42 Å². The molecular formula is C16H18N2O. The number of pyridine rings is 1. The second kappa shape index (κ2) is 4.92. The van der Waals surface area contributed by atoms with Crippen molar-refractivity contribution < 1.29 is 5.11 Å². The third kappa shape index (κ3) is 2.55.